The van der Waals surface area contributed by atoms with E-state index in [9.17, 15) is 0 Å². The zero-order valence-electron chi connectivity index (χ0n) is 7.28. The maximum Gasteiger partial charge on any atom is -0.0173 e. The monoisotopic (exact) mass is 126 g/mol. The second-order valence-corrected chi connectivity index (χ2v) is 3.42. The molecule has 0 rings (SSSR count). The molecule has 0 heterocycles. The Hall–Kier alpha value is -0.260. The van der Waals surface area contributed by atoms with Gasteiger partial charge in [0.15, 0.2) is 0 Å². The maximum atomic E-state index is 2.26. The molecule has 0 saturated heterocycles. The van der Waals surface area contributed by atoms with Crippen LogP contribution in [0.1, 0.15) is 41.0 Å². The molecule has 0 unspecified atom stereocenters. The Balaban J connectivity index is 4.14. The van der Waals surface area contributed by atoms with E-state index in [0.29, 0.717) is 5.41 Å². The second-order valence-electron chi connectivity index (χ2n) is 3.42. The van der Waals surface area contributed by atoms with Crippen molar-refractivity contribution in [2.24, 2.45) is 5.41 Å². The molecule has 0 heteroatoms. The van der Waals surface area contributed by atoms with Crippen molar-refractivity contribution < 1.29 is 0 Å². The fraction of sp³-hybridized carbons (Fsp3) is 0.778. The van der Waals surface area contributed by atoms with Crippen molar-refractivity contribution >= 4 is 0 Å². The van der Waals surface area contributed by atoms with Gasteiger partial charge in [-0.15, -0.1) is 0 Å². The zero-order chi connectivity index (χ0) is 7.49. The van der Waals surface area contributed by atoms with Crippen LogP contribution in [0.5, 0.6) is 0 Å². The molecule has 0 amide bonds. The Labute approximate surface area is 59.0 Å². The van der Waals surface area contributed by atoms with Gasteiger partial charge in [-0.1, -0.05) is 39.3 Å². The first-order chi connectivity index (χ1) is 4.02. The van der Waals surface area contributed by atoms with Crippen LogP contribution in [0, 0.1) is 5.41 Å². The first kappa shape index (κ1) is 8.74. The van der Waals surface area contributed by atoms with Crippen LogP contribution in [0.15, 0.2) is 11.6 Å². The van der Waals surface area contributed by atoms with Crippen LogP contribution < -0.4 is 0 Å². The molecule has 0 N–H and O–H groups in total. The highest BCUT2D eigenvalue weighted by molar-refractivity contribution is 5.08. The molecule has 0 radical (unpaired) electrons. The Bertz CT molecular complexity index is 102. The number of rotatable bonds is 1. The summed E-state index contributed by atoms with van der Waals surface area (Å²) in [5.41, 5.74) is 1.92. The van der Waals surface area contributed by atoms with Gasteiger partial charge in [0.1, 0.15) is 0 Å². The van der Waals surface area contributed by atoms with E-state index in [2.05, 4.69) is 40.7 Å². The van der Waals surface area contributed by atoms with Crippen molar-refractivity contribution in [2.75, 3.05) is 0 Å². The van der Waals surface area contributed by atoms with Gasteiger partial charge in [0.2, 0.25) is 0 Å². The van der Waals surface area contributed by atoms with Crippen LogP contribution in [-0.2, 0) is 0 Å². The third-order valence-electron chi connectivity index (χ3n) is 1.69. The summed E-state index contributed by atoms with van der Waals surface area (Å²) < 4.78 is 0. The van der Waals surface area contributed by atoms with E-state index in [1.54, 1.807) is 5.57 Å². The zero-order valence-corrected chi connectivity index (χ0v) is 7.28. The van der Waals surface area contributed by atoms with Crippen LogP contribution in [0.25, 0.3) is 0 Å². The third kappa shape index (κ3) is 2.69. The van der Waals surface area contributed by atoms with Gasteiger partial charge in [-0.3, -0.25) is 0 Å². The molecular weight excluding hydrogens is 108 g/mol. The summed E-state index contributed by atoms with van der Waals surface area (Å²) >= 11 is 0. The molecule has 0 aromatic rings. The third-order valence-corrected chi connectivity index (χ3v) is 1.69. The molecule has 0 atom stereocenters. The van der Waals surface area contributed by atoms with Crippen molar-refractivity contribution in [1.29, 1.82) is 0 Å². The minimum atomic E-state index is 0.378. The number of hydrogen-bond acceptors (Lipinski definition) is 0. The molecule has 0 spiro atoms. The molecule has 0 fully saturated rings. The van der Waals surface area contributed by atoms with Crippen LogP contribution in [0.3, 0.4) is 0 Å². The Morgan fingerprint density at radius 1 is 1.33 bits per heavy atom. The van der Waals surface area contributed by atoms with Crippen LogP contribution in [0.4, 0.5) is 0 Å². The molecule has 0 aromatic heterocycles. The van der Waals surface area contributed by atoms with Gasteiger partial charge in [0.25, 0.3) is 0 Å². The van der Waals surface area contributed by atoms with Gasteiger partial charge in [-0.25, -0.2) is 0 Å². The highest BCUT2D eigenvalue weighted by Gasteiger charge is 2.12. The summed E-state index contributed by atoms with van der Waals surface area (Å²) in [5.74, 6) is 0. The fourth-order valence-electron chi connectivity index (χ4n) is 1.17. The lowest BCUT2D eigenvalue weighted by Gasteiger charge is -2.21. The molecule has 0 aliphatic heterocycles. The van der Waals surface area contributed by atoms with E-state index in [4.69, 9.17) is 0 Å². The van der Waals surface area contributed by atoms with Crippen molar-refractivity contribution in [3.63, 3.8) is 0 Å². The van der Waals surface area contributed by atoms with Crippen LogP contribution in [0.2, 0.25) is 0 Å². The molecule has 9 heavy (non-hydrogen) atoms. The molecule has 0 saturated carbocycles. The minimum absolute atomic E-state index is 0.378. The normalized spacial score (nSPS) is 14.1. The Kier molecular flexibility index (Phi) is 2.96. The highest BCUT2D eigenvalue weighted by atomic mass is 14.2. The van der Waals surface area contributed by atoms with Gasteiger partial charge in [0, 0.05) is 0 Å². The first-order valence-electron chi connectivity index (χ1n) is 3.68. The average Bonchev–Trinajstić information content (AvgIpc) is 1.65. The van der Waals surface area contributed by atoms with Gasteiger partial charge < -0.3 is 0 Å². The van der Waals surface area contributed by atoms with Gasteiger partial charge >= 0.3 is 0 Å². The predicted octanol–water partition coefficient (Wildman–Crippen LogP) is 3.39. The lowest BCUT2D eigenvalue weighted by Crippen LogP contribution is -2.07. The van der Waals surface area contributed by atoms with Crippen molar-refractivity contribution in [1.82, 2.24) is 0 Å². The lowest BCUT2D eigenvalue weighted by molar-refractivity contribution is 0.487. The van der Waals surface area contributed by atoms with Gasteiger partial charge in [-0.2, -0.15) is 0 Å². The molecular formula is C9H18. The molecule has 0 nitrogen and oxygen atoms in total. The lowest BCUT2D eigenvalue weighted by atomic mass is 9.85. The second kappa shape index (κ2) is 3.05. The quantitative estimate of drug-likeness (QED) is 0.472. The smallest absolute Gasteiger partial charge is 0.0173 e. The van der Waals surface area contributed by atoms with E-state index in [-0.39, 0.29) is 0 Å². The SMILES string of the molecule is CC=C(CC)C(C)(C)C. The standard InChI is InChI=1S/C9H18/c1-6-8(7-2)9(3,4)5/h6H,7H2,1-5H3. The molecule has 0 aromatic carbocycles. The van der Waals surface area contributed by atoms with Crippen molar-refractivity contribution in [3.05, 3.63) is 11.6 Å². The minimum Gasteiger partial charge on any atom is -0.0879 e. The Morgan fingerprint density at radius 3 is 1.78 bits per heavy atom. The summed E-state index contributed by atoms with van der Waals surface area (Å²) in [6.07, 6.45) is 3.40. The topological polar surface area (TPSA) is 0 Å². The maximum absolute atomic E-state index is 2.26. The number of allylic oxidation sites excluding steroid dienone is 2. The summed E-state index contributed by atoms with van der Waals surface area (Å²) in [5, 5.41) is 0. The molecule has 54 valence electrons. The summed E-state index contributed by atoms with van der Waals surface area (Å²) in [6.45, 7) is 11.1. The van der Waals surface area contributed by atoms with Crippen LogP contribution >= 0.6 is 0 Å². The highest BCUT2D eigenvalue weighted by Crippen LogP contribution is 2.26. The van der Waals surface area contributed by atoms with Gasteiger partial charge in [-0.05, 0) is 18.8 Å². The van der Waals surface area contributed by atoms with Crippen molar-refractivity contribution in [3.8, 4) is 0 Å². The van der Waals surface area contributed by atoms with Gasteiger partial charge in [0.05, 0.1) is 0 Å². The van der Waals surface area contributed by atoms with E-state index in [0.717, 1.165) is 0 Å². The van der Waals surface area contributed by atoms with Crippen molar-refractivity contribution in [2.45, 2.75) is 41.0 Å². The summed E-state index contributed by atoms with van der Waals surface area (Å²) in [4.78, 5) is 0. The fourth-order valence-corrected chi connectivity index (χ4v) is 1.17. The van der Waals surface area contributed by atoms with E-state index < -0.39 is 0 Å². The Morgan fingerprint density at radius 2 is 1.78 bits per heavy atom. The largest absolute Gasteiger partial charge is 0.0879 e. The summed E-state index contributed by atoms with van der Waals surface area (Å²) in [6, 6.07) is 0. The molecule has 0 aliphatic carbocycles. The van der Waals surface area contributed by atoms with E-state index in [1.807, 2.05) is 0 Å². The van der Waals surface area contributed by atoms with E-state index >= 15 is 0 Å². The average molecular weight is 126 g/mol. The summed E-state index contributed by atoms with van der Waals surface area (Å²) in [7, 11) is 0. The van der Waals surface area contributed by atoms with E-state index in [1.165, 1.54) is 6.42 Å². The molecule has 0 bridgehead atoms. The van der Waals surface area contributed by atoms with Crippen LogP contribution in [-0.4, -0.2) is 0 Å². The molecule has 0 aliphatic rings. The number of hydrogen-bond donors (Lipinski definition) is 0. The first-order valence-corrected chi connectivity index (χ1v) is 3.68. The predicted molar refractivity (Wildman–Crippen MR) is 43.5 cm³/mol.